The predicted octanol–water partition coefficient (Wildman–Crippen LogP) is 2.67. The Labute approximate surface area is 175 Å². The van der Waals surface area contributed by atoms with Gasteiger partial charge in [-0.2, -0.15) is 0 Å². The Morgan fingerprint density at radius 1 is 1.14 bits per heavy atom. The standard InChI is InChI=1S/C22H39N5O2/c1-4-23-21(24-11-8-20-18(2)26-29-19(20)3)25-16-22(9-6-5-7-10-22)17-27-12-14-28-15-13-27/h4-17H2,1-3H3,(H2,23,24,25). The zero-order chi connectivity index (χ0) is 20.5. The van der Waals surface area contributed by atoms with Crippen LogP contribution in [0.4, 0.5) is 0 Å². The van der Waals surface area contributed by atoms with Gasteiger partial charge >= 0.3 is 0 Å². The molecule has 1 aliphatic heterocycles. The Balaban J connectivity index is 1.59. The maximum absolute atomic E-state index is 5.54. The fourth-order valence-corrected chi connectivity index (χ4v) is 4.65. The van der Waals surface area contributed by atoms with E-state index in [1.165, 1.54) is 37.7 Å². The summed E-state index contributed by atoms with van der Waals surface area (Å²) in [6.45, 7) is 13.7. The van der Waals surface area contributed by atoms with Gasteiger partial charge in [0.1, 0.15) is 5.76 Å². The Hall–Kier alpha value is -1.60. The van der Waals surface area contributed by atoms with Crippen molar-refractivity contribution in [2.75, 3.05) is 52.5 Å². The first-order valence-electron chi connectivity index (χ1n) is 11.4. The molecule has 2 N–H and O–H groups in total. The van der Waals surface area contributed by atoms with Gasteiger partial charge in [0.25, 0.3) is 0 Å². The molecule has 0 aromatic carbocycles. The van der Waals surface area contributed by atoms with E-state index in [1.54, 1.807) is 0 Å². The predicted molar refractivity (Wildman–Crippen MR) is 116 cm³/mol. The van der Waals surface area contributed by atoms with Gasteiger partial charge in [-0.05, 0) is 40.0 Å². The van der Waals surface area contributed by atoms with E-state index in [0.29, 0.717) is 5.41 Å². The van der Waals surface area contributed by atoms with Gasteiger partial charge < -0.3 is 19.9 Å². The summed E-state index contributed by atoms with van der Waals surface area (Å²) in [5.41, 5.74) is 2.49. The number of hydrogen-bond acceptors (Lipinski definition) is 5. The van der Waals surface area contributed by atoms with Crippen LogP contribution in [-0.2, 0) is 11.2 Å². The zero-order valence-corrected chi connectivity index (χ0v) is 18.6. The molecule has 0 bridgehead atoms. The number of guanidine groups is 1. The molecule has 2 fully saturated rings. The number of morpholine rings is 1. The number of aryl methyl sites for hydroxylation is 2. The number of rotatable bonds is 8. The second-order valence-corrected chi connectivity index (χ2v) is 8.62. The number of nitrogens with zero attached hydrogens (tertiary/aromatic N) is 3. The Kier molecular flexibility index (Phi) is 8.36. The third-order valence-corrected chi connectivity index (χ3v) is 6.34. The summed E-state index contributed by atoms with van der Waals surface area (Å²) in [6.07, 6.45) is 7.49. The molecule has 0 radical (unpaired) electrons. The molecule has 0 atom stereocenters. The normalized spacial score (nSPS) is 20.6. The first-order chi connectivity index (χ1) is 14.1. The molecule has 29 heavy (non-hydrogen) atoms. The van der Waals surface area contributed by atoms with Crippen LogP contribution in [0.1, 0.15) is 56.0 Å². The van der Waals surface area contributed by atoms with Gasteiger partial charge in [-0.15, -0.1) is 0 Å². The van der Waals surface area contributed by atoms with Gasteiger partial charge in [-0.1, -0.05) is 24.4 Å². The summed E-state index contributed by atoms with van der Waals surface area (Å²) in [6, 6.07) is 0. The molecular weight excluding hydrogens is 366 g/mol. The highest BCUT2D eigenvalue weighted by atomic mass is 16.5. The zero-order valence-electron chi connectivity index (χ0n) is 18.6. The maximum atomic E-state index is 5.54. The molecular formula is C22H39N5O2. The summed E-state index contributed by atoms with van der Waals surface area (Å²) in [7, 11) is 0. The third kappa shape index (κ3) is 6.44. The van der Waals surface area contributed by atoms with Crippen LogP contribution in [0.2, 0.25) is 0 Å². The van der Waals surface area contributed by atoms with Crippen molar-refractivity contribution in [3.05, 3.63) is 17.0 Å². The van der Waals surface area contributed by atoms with Crippen molar-refractivity contribution < 1.29 is 9.26 Å². The van der Waals surface area contributed by atoms with Crippen LogP contribution in [0.5, 0.6) is 0 Å². The molecule has 7 heteroatoms. The van der Waals surface area contributed by atoms with Crippen LogP contribution < -0.4 is 10.6 Å². The summed E-state index contributed by atoms with van der Waals surface area (Å²) in [5, 5.41) is 11.0. The molecule has 7 nitrogen and oxygen atoms in total. The largest absolute Gasteiger partial charge is 0.379 e. The second kappa shape index (κ2) is 11.0. The Morgan fingerprint density at radius 3 is 2.55 bits per heavy atom. The van der Waals surface area contributed by atoms with Gasteiger partial charge in [0.05, 0.1) is 18.9 Å². The number of aliphatic imine (C=N–C) groups is 1. The van der Waals surface area contributed by atoms with E-state index in [2.05, 4.69) is 27.6 Å². The minimum absolute atomic E-state index is 0.305. The number of nitrogens with one attached hydrogen (secondary N) is 2. The topological polar surface area (TPSA) is 74.9 Å². The molecule has 0 unspecified atom stereocenters. The molecule has 1 aliphatic carbocycles. The molecule has 1 aromatic heterocycles. The fourth-order valence-electron chi connectivity index (χ4n) is 4.65. The highest BCUT2D eigenvalue weighted by Gasteiger charge is 2.34. The molecule has 1 saturated carbocycles. The highest BCUT2D eigenvalue weighted by molar-refractivity contribution is 5.79. The lowest BCUT2D eigenvalue weighted by atomic mass is 9.73. The lowest BCUT2D eigenvalue weighted by molar-refractivity contribution is 0.00937. The molecule has 164 valence electrons. The van der Waals surface area contributed by atoms with Crippen LogP contribution in [-0.4, -0.2) is 68.5 Å². The lowest BCUT2D eigenvalue weighted by Gasteiger charge is -2.41. The summed E-state index contributed by atoms with van der Waals surface area (Å²) in [5.74, 6) is 1.84. The van der Waals surface area contributed by atoms with Crippen LogP contribution in [0.25, 0.3) is 0 Å². The smallest absolute Gasteiger partial charge is 0.191 e. The molecule has 0 amide bonds. The van der Waals surface area contributed by atoms with E-state index >= 15 is 0 Å². The lowest BCUT2D eigenvalue weighted by Crippen LogP contribution is -2.46. The average molecular weight is 406 g/mol. The third-order valence-electron chi connectivity index (χ3n) is 6.34. The maximum Gasteiger partial charge on any atom is 0.191 e. The van der Waals surface area contributed by atoms with Crippen LogP contribution in [0, 0.1) is 19.3 Å². The quantitative estimate of drug-likeness (QED) is 0.512. The molecule has 1 saturated heterocycles. The van der Waals surface area contributed by atoms with E-state index in [1.807, 2.05) is 13.8 Å². The van der Waals surface area contributed by atoms with Gasteiger partial charge in [0.2, 0.25) is 0 Å². The van der Waals surface area contributed by atoms with E-state index in [0.717, 1.165) is 76.3 Å². The summed E-state index contributed by atoms with van der Waals surface area (Å²) >= 11 is 0. The van der Waals surface area contributed by atoms with Crippen molar-refractivity contribution in [3.63, 3.8) is 0 Å². The van der Waals surface area contributed by atoms with Crippen molar-refractivity contribution in [1.29, 1.82) is 0 Å². The van der Waals surface area contributed by atoms with E-state index in [9.17, 15) is 0 Å². The van der Waals surface area contributed by atoms with E-state index in [-0.39, 0.29) is 0 Å². The monoisotopic (exact) mass is 405 g/mol. The second-order valence-electron chi connectivity index (χ2n) is 8.62. The fraction of sp³-hybridized carbons (Fsp3) is 0.818. The molecule has 0 spiro atoms. The number of aromatic nitrogens is 1. The Bertz CT molecular complexity index is 626. The molecule has 3 rings (SSSR count). The number of ether oxygens (including phenoxy) is 1. The molecule has 2 aliphatic rings. The SMILES string of the molecule is CCNC(=NCC1(CN2CCOCC2)CCCCC1)NCCc1c(C)noc1C. The summed E-state index contributed by atoms with van der Waals surface area (Å²) in [4.78, 5) is 7.62. The van der Waals surface area contributed by atoms with Crippen molar-refractivity contribution in [1.82, 2.24) is 20.7 Å². The van der Waals surface area contributed by atoms with E-state index < -0.39 is 0 Å². The average Bonchev–Trinajstić information content (AvgIpc) is 3.05. The van der Waals surface area contributed by atoms with E-state index in [4.69, 9.17) is 14.3 Å². The molecule has 2 heterocycles. The van der Waals surface area contributed by atoms with Gasteiger partial charge in [0.15, 0.2) is 5.96 Å². The van der Waals surface area contributed by atoms with Crippen molar-refractivity contribution >= 4 is 5.96 Å². The molecule has 1 aromatic rings. The van der Waals surface area contributed by atoms with Crippen LogP contribution in [0.3, 0.4) is 0 Å². The van der Waals surface area contributed by atoms with Crippen molar-refractivity contribution in [3.8, 4) is 0 Å². The minimum Gasteiger partial charge on any atom is -0.379 e. The number of hydrogen-bond donors (Lipinski definition) is 2. The van der Waals surface area contributed by atoms with Crippen LogP contribution >= 0.6 is 0 Å². The highest BCUT2D eigenvalue weighted by Crippen LogP contribution is 2.37. The van der Waals surface area contributed by atoms with Crippen molar-refractivity contribution in [2.24, 2.45) is 10.4 Å². The minimum atomic E-state index is 0.305. The van der Waals surface area contributed by atoms with Crippen LogP contribution in [0.15, 0.2) is 9.52 Å². The van der Waals surface area contributed by atoms with Crippen molar-refractivity contribution in [2.45, 2.75) is 59.3 Å². The first-order valence-corrected chi connectivity index (χ1v) is 11.4. The Morgan fingerprint density at radius 2 is 1.90 bits per heavy atom. The first kappa shape index (κ1) is 22.1. The van der Waals surface area contributed by atoms with Gasteiger partial charge in [0, 0.05) is 50.2 Å². The van der Waals surface area contributed by atoms with Gasteiger partial charge in [-0.25, -0.2) is 0 Å². The summed E-state index contributed by atoms with van der Waals surface area (Å²) < 4.78 is 10.8. The van der Waals surface area contributed by atoms with Gasteiger partial charge in [-0.3, -0.25) is 9.89 Å².